The minimum atomic E-state index is 0.875. The topological polar surface area (TPSA) is 34.0 Å². The number of anilines is 3. The van der Waals surface area contributed by atoms with Crippen LogP contribution in [0.5, 0.6) is 0 Å². The van der Waals surface area contributed by atoms with Crippen LogP contribution in [0.3, 0.4) is 0 Å². The third kappa shape index (κ3) is 5.43. The van der Waals surface area contributed by atoms with Crippen molar-refractivity contribution in [2.45, 2.75) is 0 Å². The highest BCUT2D eigenvalue weighted by molar-refractivity contribution is 7.00. The van der Waals surface area contributed by atoms with Crippen LogP contribution in [0.25, 0.3) is 93.1 Å². The Kier molecular flexibility index (Phi) is 7.68. The smallest absolute Gasteiger partial charge is 0.129 e. The summed E-state index contributed by atoms with van der Waals surface area (Å²) < 4.78 is 12.3. The van der Waals surface area contributed by atoms with Crippen molar-refractivity contribution >= 4 is 93.9 Å². The molecule has 0 saturated heterocycles. The molecule has 0 radical (unpaired) electrons. The third-order valence-corrected chi connectivity index (χ3v) is 12.4. The first-order valence-corrected chi connectivity index (χ1v) is 20.6. The molecule has 0 bridgehead atoms. The maximum atomic E-state index is 4.93. The van der Waals surface area contributed by atoms with Crippen molar-refractivity contribution in [1.82, 2.24) is 13.3 Å². The Hall–Kier alpha value is -7.60. The molecular formula is C54H34N4S. The van der Waals surface area contributed by atoms with Crippen molar-refractivity contribution in [2.24, 2.45) is 0 Å². The number of benzene rings is 10. The normalized spacial score (nSPS) is 11.7. The summed E-state index contributed by atoms with van der Waals surface area (Å²) in [4.78, 5) is 2.29. The van der Waals surface area contributed by atoms with Gasteiger partial charge in [-0.05, 0) is 116 Å². The van der Waals surface area contributed by atoms with E-state index in [2.05, 4.69) is 216 Å². The lowest BCUT2D eigenvalue weighted by molar-refractivity contribution is 1.18. The Labute approximate surface area is 344 Å². The number of hydrogen-bond donors (Lipinski definition) is 0. The lowest BCUT2D eigenvalue weighted by atomic mass is 10.00. The van der Waals surface area contributed by atoms with Crippen LogP contribution in [0.2, 0.25) is 0 Å². The molecule has 2 heterocycles. The predicted octanol–water partition coefficient (Wildman–Crippen LogP) is 15.1. The molecule has 4 nitrogen and oxygen atoms in total. The summed E-state index contributed by atoms with van der Waals surface area (Å²) in [6.07, 6.45) is 0. The van der Waals surface area contributed by atoms with E-state index in [1.807, 2.05) is 0 Å². The molecule has 12 aromatic rings. The molecule has 0 saturated carbocycles. The van der Waals surface area contributed by atoms with Crippen LogP contribution in [-0.2, 0) is 0 Å². The molecule has 0 aliphatic rings. The van der Waals surface area contributed by atoms with Gasteiger partial charge < -0.3 is 9.47 Å². The van der Waals surface area contributed by atoms with E-state index in [-0.39, 0.29) is 0 Å². The summed E-state index contributed by atoms with van der Waals surface area (Å²) in [5, 5.41) is 10.1. The molecular weight excluding hydrogens is 737 g/mol. The quantitative estimate of drug-likeness (QED) is 0.169. The average Bonchev–Trinajstić information content (AvgIpc) is 3.94. The number of aromatic nitrogens is 3. The summed E-state index contributed by atoms with van der Waals surface area (Å²) in [5.41, 5.74) is 12.9. The van der Waals surface area contributed by atoms with Crippen LogP contribution in [-0.4, -0.2) is 13.3 Å². The van der Waals surface area contributed by atoms with Gasteiger partial charge in [0, 0.05) is 33.4 Å². The molecule has 0 aliphatic carbocycles. The monoisotopic (exact) mass is 770 g/mol. The molecule has 276 valence electrons. The molecule has 0 atom stereocenters. The minimum absolute atomic E-state index is 0.875. The van der Waals surface area contributed by atoms with Crippen LogP contribution in [0.15, 0.2) is 206 Å². The number of fused-ring (bicyclic) bond motifs is 9. The van der Waals surface area contributed by atoms with E-state index in [9.17, 15) is 0 Å². The zero-order valence-corrected chi connectivity index (χ0v) is 32.6. The molecule has 0 fully saturated rings. The molecule has 5 heteroatoms. The Morgan fingerprint density at radius 3 is 1.63 bits per heavy atom. The Bertz CT molecular complexity index is 3460. The first-order valence-electron chi connectivity index (χ1n) is 19.9. The second-order valence-electron chi connectivity index (χ2n) is 15.1. The van der Waals surface area contributed by atoms with Gasteiger partial charge in [0.05, 0.1) is 28.4 Å². The van der Waals surface area contributed by atoms with Crippen molar-refractivity contribution < 1.29 is 0 Å². The molecule has 10 aromatic carbocycles. The average molecular weight is 771 g/mol. The van der Waals surface area contributed by atoms with Gasteiger partial charge in [-0.3, -0.25) is 0 Å². The molecule has 0 unspecified atom stereocenters. The molecule has 0 aliphatic heterocycles. The fourth-order valence-electron chi connectivity index (χ4n) is 9.06. The number of hydrogen-bond acceptors (Lipinski definition) is 4. The highest BCUT2D eigenvalue weighted by Crippen LogP contribution is 2.43. The molecule has 0 N–H and O–H groups in total. The maximum Gasteiger partial charge on any atom is 0.129 e. The van der Waals surface area contributed by atoms with E-state index in [0.29, 0.717) is 0 Å². The van der Waals surface area contributed by atoms with Gasteiger partial charge in [0.15, 0.2) is 0 Å². The lowest BCUT2D eigenvalue weighted by Gasteiger charge is -2.26. The van der Waals surface area contributed by atoms with Gasteiger partial charge in [0.1, 0.15) is 11.0 Å². The second kappa shape index (κ2) is 13.5. The molecule has 0 amide bonds. The van der Waals surface area contributed by atoms with Crippen LogP contribution in [0.1, 0.15) is 0 Å². The highest BCUT2D eigenvalue weighted by atomic mass is 32.1. The fourth-order valence-corrected chi connectivity index (χ4v) is 9.63. The predicted molar refractivity (Wildman–Crippen MR) is 250 cm³/mol. The van der Waals surface area contributed by atoms with E-state index < -0.39 is 0 Å². The van der Waals surface area contributed by atoms with Crippen molar-refractivity contribution in [1.29, 1.82) is 0 Å². The van der Waals surface area contributed by atoms with Crippen molar-refractivity contribution in [3.8, 4) is 27.9 Å². The molecule has 2 aromatic heterocycles. The van der Waals surface area contributed by atoms with E-state index in [1.165, 1.54) is 77.0 Å². The molecule has 0 spiro atoms. The Morgan fingerprint density at radius 1 is 0.390 bits per heavy atom. The van der Waals surface area contributed by atoms with Crippen molar-refractivity contribution in [3.05, 3.63) is 206 Å². The first-order chi connectivity index (χ1) is 29.3. The fraction of sp³-hybridized carbons (Fsp3) is 0. The van der Waals surface area contributed by atoms with E-state index >= 15 is 0 Å². The second-order valence-corrected chi connectivity index (χ2v) is 15.6. The first kappa shape index (κ1) is 33.5. The highest BCUT2D eigenvalue weighted by Gasteiger charge is 2.21. The zero-order valence-electron chi connectivity index (χ0n) is 31.8. The summed E-state index contributed by atoms with van der Waals surface area (Å²) in [5.74, 6) is 0. The molecule has 12 rings (SSSR count). The SMILES string of the molecule is c1ccc(N(c2ccc(-c3ccc4ccccc4c3)cc2)c2ccc(-c3ccc(-n4c5ccc6ccccc6c5c5c6ccccc6ccc54)cc3)c3nsnc23)cc1. The standard InChI is InChI=1S/C54H34N4S/c1-2-14-42(15-3-1)57(43-26-20-36(21-27-43)41-19-18-35-10-4-5-13-40(35)34-41)50-33-30-47(53-54(50)56-59-55-53)39-22-28-44(29-23-39)58-48-31-24-37-11-6-8-16-45(37)51(48)52-46-17-9-7-12-38(46)25-32-49(52)58/h1-34H. The van der Waals surface area contributed by atoms with Gasteiger partial charge in [-0.25, -0.2) is 0 Å². The summed E-state index contributed by atoms with van der Waals surface area (Å²) in [6.45, 7) is 0. The lowest BCUT2D eigenvalue weighted by Crippen LogP contribution is -2.10. The minimum Gasteiger partial charge on any atom is -0.309 e. The van der Waals surface area contributed by atoms with Crippen LogP contribution in [0, 0.1) is 0 Å². The Morgan fingerprint density at radius 2 is 0.932 bits per heavy atom. The van der Waals surface area contributed by atoms with Crippen LogP contribution < -0.4 is 4.90 Å². The van der Waals surface area contributed by atoms with E-state index in [0.717, 1.165) is 44.9 Å². The molecule has 59 heavy (non-hydrogen) atoms. The van der Waals surface area contributed by atoms with Crippen molar-refractivity contribution in [2.75, 3.05) is 4.90 Å². The van der Waals surface area contributed by atoms with Gasteiger partial charge >= 0.3 is 0 Å². The van der Waals surface area contributed by atoms with Crippen molar-refractivity contribution in [3.63, 3.8) is 0 Å². The number of para-hydroxylation sites is 1. The van der Waals surface area contributed by atoms with E-state index in [4.69, 9.17) is 8.75 Å². The third-order valence-electron chi connectivity index (χ3n) is 11.8. The summed E-state index contributed by atoms with van der Waals surface area (Å²) >= 11 is 1.26. The Balaban J connectivity index is 0.952. The van der Waals surface area contributed by atoms with E-state index in [1.54, 1.807) is 0 Å². The maximum absolute atomic E-state index is 4.93. The zero-order chi connectivity index (χ0) is 38.9. The van der Waals surface area contributed by atoms with Gasteiger partial charge in [0.25, 0.3) is 0 Å². The van der Waals surface area contributed by atoms with Gasteiger partial charge in [-0.15, -0.1) is 0 Å². The van der Waals surface area contributed by atoms with Gasteiger partial charge in [-0.1, -0.05) is 140 Å². The largest absolute Gasteiger partial charge is 0.309 e. The summed E-state index contributed by atoms with van der Waals surface area (Å²) in [6, 6.07) is 74.4. The van der Waals surface area contributed by atoms with Gasteiger partial charge in [0.2, 0.25) is 0 Å². The van der Waals surface area contributed by atoms with Crippen LogP contribution in [0.4, 0.5) is 17.1 Å². The number of nitrogens with zero attached hydrogens (tertiary/aromatic N) is 4. The summed E-state index contributed by atoms with van der Waals surface area (Å²) in [7, 11) is 0. The van der Waals surface area contributed by atoms with Crippen LogP contribution >= 0.6 is 11.7 Å². The number of rotatable bonds is 6. The van der Waals surface area contributed by atoms with Gasteiger partial charge in [-0.2, -0.15) is 8.75 Å².